The number of nitrogens with one attached hydrogen (secondary N) is 1. The molecule has 1 N–H and O–H groups in total. The first-order chi connectivity index (χ1) is 12.8. The summed E-state index contributed by atoms with van der Waals surface area (Å²) in [4.78, 5) is 16.8. The number of ketones is 1. The third-order valence-corrected chi connectivity index (χ3v) is 5.36. The summed E-state index contributed by atoms with van der Waals surface area (Å²) < 4.78 is 54.4. The molecule has 0 atom stereocenters. The van der Waals surface area contributed by atoms with Crippen LogP contribution in [0.1, 0.15) is 29.3 Å². The van der Waals surface area contributed by atoms with E-state index in [1.54, 1.807) is 31.3 Å². The monoisotopic (exact) mass is 390 g/mol. The van der Waals surface area contributed by atoms with E-state index in [9.17, 15) is 22.0 Å². The van der Waals surface area contributed by atoms with Gasteiger partial charge in [0.05, 0.1) is 22.5 Å². The summed E-state index contributed by atoms with van der Waals surface area (Å²) in [5.74, 6) is -3.04. The molecule has 1 heterocycles. The Morgan fingerprint density at radius 1 is 1.15 bits per heavy atom. The third-order valence-electron chi connectivity index (χ3n) is 3.89. The van der Waals surface area contributed by atoms with Crippen LogP contribution in [0.5, 0.6) is 0 Å². The molecule has 0 aliphatic carbocycles. The lowest BCUT2D eigenvalue weighted by Crippen LogP contribution is -2.18. The lowest BCUT2D eigenvalue weighted by molar-refractivity contribution is 0.103. The molecular weight excluding hydrogens is 374 g/mol. The van der Waals surface area contributed by atoms with Crippen LogP contribution in [0, 0.1) is 11.6 Å². The van der Waals surface area contributed by atoms with E-state index in [2.05, 4.69) is 4.98 Å². The lowest BCUT2D eigenvalue weighted by atomic mass is 10.0. The number of fused-ring (bicyclic) bond motifs is 1. The largest absolute Gasteiger partial charge is 0.288 e. The summed E-state index contributed by atoms with van der Waals surface area (Å²) >= 11 is 0. The number of pyridine rings is 1. The van der Waals surface area contributed by atoms with Crippen LogP contribution < -0.4 is 4.72 Å². The quantitative estimate of drug-likeness (QED) is 0.648. The van der Waals surface area contributed by atoms with Crippen molar-refractivity contribution in [1.82, 2.24) is 4.98 Å². The molecule has 3 rings (SSSR count). The fourth-order valence-corrected chi connectivity index (χ4v) is 3.81. The first kappa shape index (κ1) is 18.9. The lowest BCUT2D eigenvalue weighted by Gasteiger charge is -2.11. The van der Waals surface area contributed by atoms with Crippen LogP contribution in [0.2, 0.25) is 0 Å². The van der Waals surface area contributed by atoms with Gasteiger partial charge < -0.3 is 0 Å². The highest BCUT2D eigenvalue weighted by molar-refractivity contribution is 7.92. The zero-order valence-electron chi connectivity index (χ0n) is 14.4. The molecule has 0 spiro atoms. The van der Waals surface area contributed by atoms with E-state index in [4.69, 9.17) is 0 Å². The molecule has 0 amide bonds. The molecule has 0 bridgehead atoms. The Hall–Kier alpha value is -2.87. The van der Waals surface area contributed by atoms with E-state index in [1.165, 1.54) is 12.1 Å². The number of halogens is 2. The second-order valence-electron chi connectivity index (χ2n) is 5.98. The van der Waals surface area contributed by atoms with Crippen molar-refractivity contribution in [3.05, 3.63) is 71.4 Å². The number of nitrogens with zero attached hydrogens (tertiary/aromatic N) is 1. The Bertz CT molecular complexity index is 1130. The molecule has 0 unspecified atom stereocenters. The Kier molecular flexibility index (Phi) is 5.18. The molecule has 0 aliphatic heterocycles. The van der Waals surface area contributed by atoms with Gasteiger partial charge in [-0.2, -0.15) is 0 Å². The standard InChI is InChI=1S/C19H16F2N2O3S/c1-2-8-27(25,26)23-17-11-14(20)10-15(18(17)21)19(24)13-5-6-16-12(9-13)4-3-7-22-16/h3-7,9-11,23H,2,8H2,1H3. The van der Waals surface area contributed by atoms with E-state index >= 15 is 0 Å². The second-order valence-corrected chi connectivity index (χ2v) is 7.82. The normalized spacial score (nSPS) is 11.5. The molecule has 0 saturated heterocycles. The van der Waals surface area contributed by atoms with Crippen LogP contribution in [-0.2, 0) is 10.0 Å². The molecule has 3 aromatic rings. The van der Waals surface area contributed by atoms with Gasteiger partial charge in [-0.3, -0.25) is 14.5 Å². The van der Waals surface area contributed by atoms with Gasteiger partial charge in [-0.25, -0.2) is 17.2 Å². The van der Waals surface area contributed by atoms with Gasteiger partial charge in [0.1, 0.15) is 5.82 Å². The van der Waals surface area contributed by atoms with Crippen molar-refractivity contribution < 1.29 is 22.0 Å². The average molecular weight is 390 g/mol. The van der Waals surface area contributed by atoms with Crippen LogP contribution in [0.3, 0.4) is 0 Å². The number of aromatic nitrogens is 1. The molecule has 0 aliphatic rings. The summed E-state index contributed by atoms with van der Waals surface area (Å²) in [6, 6.07) is 9.49. The van der Waals surface area contributed by atoms with E-state index in [0.717, 1.165) is 6.07 Å². The molecule has 0 radical (unpaired) electrons. The predicted molar refractivity (Wildman–Crippen MR) is 99.2 cm³/mol. The molecule has 0 saturated carbocycles. The van der Waals surface area contributed by atoms with Crippen molar-refractivity contribution in [1.29, 1.82) is 0 Å². The number of benzene rings is 2. The molecule has 2 aromatic carbocycles. The zero-order chi connectivity index (χ0) is 19.6. The predicted octanol–water partition coefficient (Wildman–Crippen LogP) is 3.90. The Labute approximate surface area is 155 Å². The highest BCUT2D eigenvalue weighted by Gasteiger charge is 2.21. The van der Waals surface area contributed by atoms with Crippen molar-refractivity contribution >= 4 is 32.4 Å². The van der Waals surface area contributed by atoms with E-state index in [-0.39, 0.29) is 11.3 Å². The summed E-state index contributed by atoms with van der Waals surface area (Å²) in [5, 5.41) is 0.670. The number of anilines is 1. The first-order valence-electron chi connectivity index (χ1n) is 8.20. The maximum Gasteiger partial charge on any atom is 0.232 e. The van der Waals surface area contributed by atoms with Gasteiger partial charge in [0, 0.05) is 23.2 Å². The van der Waals surface area contributed by atoms with Gasteiger partial charge in [0.25, 0.3) is 0 Å². The van der Waals surface area contributed by atoms with Crippen LogP contribution >= 0.6 is 0 Å². The second kappa shape index (κ2) is 7.40. The fraction of sp³-hybridized carbons (Fsp3) is 0.158. The minimum atomic E-state index is -3.84. The summed E-state index contributed by atoms with van der Waals surface area (Å²) in [6.07, 6.45) is 1.91. The van der Waals surface area contributed by atoms with Gasteiger partial charge in [-0.05, 0) is 36.8 Å². The van der Waals surface area contributed by atoms with Gasteiger partial charge in [0.2, 0.25) is 10.0 Å². The summed E-state index contributed by atoms with van der Waals surface area (Å²) in [5.41, 5.74) is -0.342. The number of hydrogen-bond donors (Lipinski definition) is 1. The Morgan fingerprint density at radius 2 is 1.93 bits per heavy atom. The molecule has 8 heteroatoms. The van der Waals surface area contributed by atoms with Crippen molar-refractivity contribution in [3.8, 4) is 0 Å². The van der Waals surface area contributed by atoms with Crippen LogP contribution in [-0.4, -0.2) is 24.9 Å². The maximum absolute atomic E-state index is 14.7. The SMILES string of the molecule is CCCS(=O)(=O)Nc1cc(F)cc(C(=O)c2ccc3ncccc3c2)c1F. The molecular formula is C19H16F2N2O3S. The highest BCUT2D eigenvalue weighted by Crippen LogP contribution is 2.25. The molecule has 140 valence electrons. The zero-order valence-corrected chi connectivity index (χ0v) is 15.2. The Balaban J connectivity index is 2.03. The topological polar surface area (TPSA) is 76.1 Å². The Morgan fingerprint density at radius 3 is 2.67 bits per heavy atom. The molecule has 27 heavy (non-hydrogen) atoms. The van der Waals surface area contributed by atoms with Gasteiger partial charge >= 0.3 is 0 Å². The minimum absolute atomic E-state index is 0.141. The van der Waals surface area contributed by atoms with Crippen LogP contribution in [0.25, 0.3) is 10.9 Å². The number of rotatable bonds is 6. The smallest absolute Gasteiger partial charge is 0.232 e. The first-order valence-corrected chi connectivity index (χ1v) is 9.85. The van der Waals surface area contributed by atoms with Crippen molar-refractivity contribution in [2.45, 2.75) is 13.3 Å². The van der Waals surface area contributed by atoms with Crippen molar-refractivity contribution in [3.63, 3.8) is 0 Å². The van der Waals surface area contributed by atoms with Crippen molar-refractivity contribution in [2.75, 3.05) is 10.5 Å². The highest BCUT2D eigenvalue weighted by atomic mass is 32.2. The average Bonchev–Trinajstić information content (AvgIpc) is 2.63. The number of carbonyl (C=O) groups excluding carboxylic acids is 1. The van der Waals surface area contributed by atoms with Gasteiger partial charge in [0.15, 0.2) is 11.6 Å². The summed E-state index contributed by atoms with van der Waals surface area (Å²) in [6.45, 7) is 1.64. The fourth-order valence-electron chi connectivity index (χ4n) is 2.69. The third kappa shape index (κ3) is 4.11. The van der Waals surface area contributed by atoms with Gasteiger partial charge in [-0.1, -0.05) is 13.0 Å². The maximum atomic E-state index is 14.7. The number of carbonyl (C=O) groups is 1. The van der Waals surface area contributed by atoms with Crippen LogP contribution in [0.15, 0.2) is 48.7 Å². The van der Waals surface area contributed by atoms with E-state index in [1.807, 2.05) is 4.72 Å². The van der Waals surface area contributed by atoms with Gasteiger partial charge in [-0.15, -0.1) is 0 Å². The van der Waals surface area contributed by atoms with Crippen LogP contribution in [0.4, 0.5) is 14.5 Å². The van der Waals surface area contributed by atoms with E-state index in [0.29, 0.717) is 23.4 Å². The number of hydrogen-bond acceptors (Lipinski definition) is 4. The number of sulfonamides is 1. The molecule has 0 fully saturated rings. The molecule has 5 nitrogen and oxygen atoms in total. The van der Waals surface area contributed by atoms with E-state index < -0.39 is 38.7 Å². The summed E-state index contributed by atoms with van der Waals surface area (Å²) in [7, 11) is -3.84. The molecule has 1 aromatic heterocycles. The minimum Gasteiger partial charge on any atom is -0.288 e. The van der Waals surface area contributed by atoms with Crippen molar-refractivity contribution in [2.24, 2.45) is 0 Å².